The molecule has 24 heavy (non-hydrogen) atoms. The van der Waals surface area contributed by atoms with Gasteiger partial charge in [0.15, 0.2) is 6.29 Å². The van der Waals surface area contributed by atoms with Crippen LogP contribution >= 0.6 is 0 Å². The molecule has 2 atom stereocenters. The molecule has 5 heteroatoms. The van der Waals surface area contributed by atoms with E-state index in [0.717, 1.165) is 51.0 Å². The molecule has 0 radical (unpaired) electrons. The molecule has 0 saturated carbocycles. The molecule has 3 aliphatic rings. The van der Waals surface area contributed by atoms with Gasteiger partial charge in [-0.3, -0.25) is 9.69 Å². The van der Waals surface area contributed by atoms with Crippen molar-refractivity contribution in [1.29, 1.82) is 0 Å². The molecule has 0 N–H and O–H groups in total. The van der Waals surface area contributed by atoms with Crippen LogP contribution in [0, 0.1) is 5.92 Å². The standard InChI is InChI=1S/C19H26N2O3/c22-18-17(9-5-11-21(18)16-7-2-1-3-8-16)20-10-4-6-15(14-20)19-23-12-13-24-19/h1-3,7-8,15,17,19H,4-6,9-14H2/t15-,17+/m0/s1. The zero-order valence-corrected chi connectivity index (χ0v) is 14.1. The van der Waals surface area contributed by atoms with Gasteiger partial charge in [0.25, 0.3) is 0 Å². The average Bonchev–Trinajstić information content (AvgIpc) is 3.18. The van der Waals surface area contributed by atoms with Crippen molar-refractivity contribution in [3.05, 3.63) is 30.3 Å². The summed E-state index contributed by atoms with van der Waals surface area (Å²) in [6, 6.07) is 10.0. The number of ether oxygens (including phenoxy) is 2. The number of piperidine rings is 2. The highest BCUT2D eigenvalue weighted by atomic mass is 16.7. The Morgan fingerprint density at radius 3 is 2.50 bits per heavy atom. The minimum absolute atomic E-state index is 0.00293. The summed E-state index contributed by atoms with van der Waals surface area (Å²) in [5.41, 5.74) is 1.02. The van der Waals surface area contributed by atoms with E-state index in [2.05, 4.69) is 4.90 Å². The van der Waals surface area contributed by atoms with Gasteiger partial charge < -0.3 is 14.4 Å². The molecule has 0 spiro atoms. The van der Waals surface area contributed by atoms with Gasteiger partial charge in [-0.05, 0) is 44.4 Å². The number of rotatable bonds is 3. The van der Waals surface area contributed by atoms with E-state index in [0.29, 0.717) is 19.1 Å². The zero-order chi connectivity index (χ0) is 16.4. The summed E-state index contributed by atoms with van der Waals surface area (Å²) in [5, 5.41) is 0. The molecular formula is C19H26N2O3. The summed E-state index contributed by atoms with van der Waals surface area (Å²) in [4.78, 5) is 17.4. The molecule has 3 heterocycles. The van der Waals surface area contributed by atoms with Gasteiger partial charge in [-0.1, -0.05) is 18.2 Å². The molecule has 4 rings (SSSR count). The first kappa shape index (κ1) is 16.1. The molecule has 1 amide bonds. The summed E-state index contributed by atoms with van der Waals surface area (Å²) in [7, 11) is 0. The van der Waals surface area contributed by atoms with Crippen LogP contribution in [0.1, 0.15) is 25.7 Å². The number of hydrogen-bond acceptors (Lipinski definition) is 4. The van der Waals surface area contributed by atoms with E-state index in [-0.39, 0.29) is 18.2 Å². The minimum atomic E-state index is -0.0725. The van der Waals surface area contributed by atoms with Crippen LogP contribution in [0.5, 0.6) is 0 Å². The first-order valence-corrected chi connectivity index (χ1v) is 9.16. The molecule has 3 fully saturated rings. The first-order valence-electron chi connectivity index (χ1n) is 9.16. The van der Waals surface area contributed by atoms with Gasteiger partial charge in [-0.25, -0.2) is 0 Å². The van der Waals surface area contributed by atoms with Gasteiger partial charge in [0.05, 0.1) is 19.3 Å². The number of nitrogens with zero attached hydrogens (tertiary/aromatic N) is 2. The molecule has 3 saturated heterocycles. The van der Waals surface area contributed by atoms with Gasteiger partial charge in [-0.15, -0.1) is 0 Å². The van der Waals surface area contributed by atoms with Crippen LogP contribution in [0.15, 0.2) is 30.3 Å². The Hall–Kier alpha value is -1.43. The fourth-order valence-corrected chi connectivity index (χ4v) is 4.25. The lowest BCUT2D eigenvalue weighted by Crippen LogP contribution is -2.55. The van der Waals surface area contributed by atoms with E-state index in [1.54, 1.807) is 0 Å². The Kier molecular flexibility index (Phi) is 4.83. The lowest BCUT2D eigenvalue weighted by Gasteiger charge is -2.42. The zero-order valence-electron chi connectivity index (χ0n) is 14.1. The number of benzene rings is 1. The fraction of sp³-hybridized carbons (Fsp3) is 0.632. The van der Waals surface area contributed by atoms with Crippen LogP contribution in [-0.2, 0) is 14.3 Å². The smallest absolute Gasteiger partial charge is 0.244 e. The molecule has 5 nitrogen and oxygen atoms in total. The Morgan fingerprint density at radius 1 is 0.958 bits per heavy atom. The largest absolute Gasteiger partial charge is 0.350 e. The topological polar surface area (TPSA) is 42.0 Å². The molecule has 0 aromatic heterocycles. The highest BCUT2D eigenvalue weighted by Crippen LogP contribution is 2.30. The minimum Gasteiger partial charge on any atom is -0.350 e. The number of para-hydroxylation sites is 1. The maximum atomic E-state index is 13.1. The quantitative estimate of drug-likeness (QED) is 0.853. The molecule has 3 aliphatic heterocycles. The van der Waals surface area contributed by atoms with Crippen LogP contribution < -0.4 is 4.90 Å². The monoisotopic (exact) mass is 330 g/mol. The van der Waals surface area contributed by atoms with E-state index in [9.17, 15) is 4.79 Å². The van der Waals surface area contributed by atoms with Crippen LogP contribution in [-0.4, -0.2) is 56.0 Å². The Bertz CT molecular complexity index is 559. The second kappa shape index (κ2) is 7.21. The van der Waals surface area contributed by atoms with E-state index in [4.69, 9.17) is 9.47 Å². The third-order valence-electron chi connectivity index (χ3n) is 5.44. The third kappa shape index (κ3) is 3.21. The molecule has 0 aliphatic carbocycles. The summed E-state index contributed by atoms with van der Waals surface area (Å²) >= 11 is 0. The molecule has 130 valence electrons. The normalized spacial score (nSPS) is 30.0. The number of likely N-dealkylation sites (tertiary alicyclic amines) is 1. The van der Waals surface area contributed by atoms with Crippen molar-refractivity contribution in [2.75, 3.05) is 37.7 Å². The highest BCUT2D eigenvalue weighted by molar-refractivity contribution is 5.97. The summed E-state index contributed by atoms with van der Waals surface area (Å²) in [6.07, 6.45) is 4.19. The van der Waals surface area contributed by atoms with Gasteiger partial charge in [0.1, 0.15) is 0 Å². The predicted molar refractivity (Wildman–Crippen MR) is 91.8 cm³/mol. The van der Waals surface area contributed by atoms with Crippen molar-refractivity contribution < 1.29 is 14.3 Å². The molecule has 1 aromatic carbocycles. The van der Waals surface area contributed by atoms with Crippen LogP contribution in [0.3, 0.4) is 0 Å². The van der Waals surface area contributed by atoms with Crippen molar-refractivity contribution in [3.63, 3.8) is 0 Å². The third-order valence-corrected chi connectivity index (χ3v) is 5.44. The van der Waals surface area contributed by atoms with Gasteiger partial charge in [0.2, 0.25) is 5.91 Å². The summed E-state index contributed by atoms with van der Waals surface area (Å²) in [6.45, 7) is 4.13. The first-order chi connectivity index (χ1) is 11.8. The summed E-state index contributed by atoms with van der Waals surface area (Å²) < 4.78 is 11.4. The molecule has 0 unspecified atom stereocenters. The Balaban J connectivity index is 1.45. The van der Waals surface area contributed by atoms with E-state index in [1.807, 2.05) is 35.2 Å². The van der Waals surface area contributed by atoms with Gasteiger partial charge in [0, 0.05) is 24.7 Å². The van der Waals surface area contributed by atoms with Crippen LogP contribution in [0.4, 0.5) is 5.69 Å². The lowest BCUT2D eigenvalue weighted by molar-refractivity contribution is -0.130. The van der Waals surface area contributed by atoms with E-state index in [1.165, 1.54) is 0 Å². The number of hydrogen-bond donors (Lipinski definition) is 0. The van der Waals surface area contributed by atoms with Gasteiger partial charge in [-0.2, -0.15) is 0 Å². The second-order valence-corrected chi connectivity index (χ2v) is 6.99. The van der Waals surface area contributed by atoms with Crippen LogP contribution in [0.25, 0.3) is 0 Å². The van der Waals surface area contributed by atoms with E-state index >= 15 is 0 Å². The maximum absolute atomic E-state index is 13.1. The van der Waals surface area contributed by atoms with Crippen molar-refractivity contribution >= 4 is 11.6 Å². The number of carbonyl (C=O) groups excluding carboxylic acids is 1. The predicted octanol–water partition coefficient (Wildman–Crippen LogP) is 2.27. The Labute approximate surface area is 143 Å². The second-order valence-electron chi connectivity index (χ2n) is 6.99. The average molecular weight is 330 g/mol. The number of amides is 1. The van der Waals surface area contributed by atoms with Crippen LogP contribution in [0.2, 0.25) is 0 Å². The van der Waals surface area contributed by atoms with Crippen molar-refractivity contribution in [1.82, 2.24) is 4.90 Å². The fourth-order valence-electron chi connectivity index (χ4n) is 4.25. The van der Waals surface area contributed by atoms with Gasteiger partial charge >= 0.3 is 0 Å². The SMILES string of the molecule is O=C1[C@H](N2CCC[C@H](C3OCCO3)C2)CCCN1c1ccccc1. The summed E-state index contributed by atoms with van der Waals surface area (Å²) in [5.74, 6) is 0.641. The highest BCUT2D eigenvalue weighted by Gasteiger charge is 2.38. The lowest BCUT2D eigenvalue weighted by atomic mass is 9.93. The molecule has 0 bridgehead atoms. The van der Waals surface area contributed by atoms with Crippen molar-refractivity contribution in [2.45, 2.75) is 38.0 Å². The van der Waals surface area contributed by atoms with Crippen molar-refractivity contribution in [3.8, 4) is 0 Å². The Morgan fingerprint density at radius 2 is 1.71 bits per heavy atom. The maximum Gasteiger partial charge on any atom is 0.244 e. The molecular weight excluding hydrogens is 304 g/mol. The number of carbonyl (C=O) groups is 1. The van der Waals surface area contributed by atoms with Crippen molar-refractivity contribution in [2.24, 2.45) is 5.92 Å². The van der Waals surface area contributed by atoms with E-state index < -0.39 is 0 Å². The molecule has 1 aromatic rings. The number of anilines is 1.